The van der Waals surface area contributed by atoms with Crippen molar-refractivity contribution >= 4 is 16.8 Å². The van der Waals surface area contributed by atoms with Crippen molar-refractivity contribution in [2.45, 2.75) is 44.5 Å². The molecule has 1 unspecified atom stereocenters. The molecular weight excluding hydrogens is 463 g/mol. The second-order valence-electron chi connectivity index (χ2n) is 8.01. The van der Waals surface area contributed by atoms with E-state index in [-0.39, 0.29) is 59.1 Å². The van der Waals surface area contributed by atoms with E-state index in [9.17, 15) is 26.7 Å². The highest BCUT2D eigenvalue weighted by molar-refractivity contribution is 5.98. The molecule has 12 heteroatoms. The van der Waals surface area contributed by atoms with E-state index in [1.165, 1.54) is 25.3 Å². The molecule has 3 aromatic rings. The molecule has 3 heterocycles. The molecule has 34 heavy (non-hydrogen) atoms. The Morgan fingerprint density at radius 2 is 1.94 bits per heavy atom. The highest BCUT2D eigenvalue weighted by atomic mass is 19.4. The summed E-state index contributed by atoms with van der Waals surface area (Å²) in [5, 5.41) is 0.232. The minimum atomic E-state index is -4.67. The minimum Gasteiger partial charge on any atom is -0.494 e. The maximum Gasteiger partial charge on any atom is 0.433 e. The van der Waals surface area contributed by atoms with Gasteiger partial charge in [0.2, 0.25) is 5.89 Å². The summed E-state index contributed by atoms with van der Waals surface area (Å²) in [5.41, 5.74) is 4.55. The van der Waals surface area contributed by atoms with E-state index in [1.807, 2.05) is 0 Å². The number of carbonyl (C=O) groups excluding carboxylic acids is 1. The molecule has 1 aliphatic rings. The largest absolute Gasteiger partial charge is 0.494 e. The number of hydrogen-bond acceptors (Lipinski definition) is 6. The van der Waals surface area contributed by atoms with Gasteiger partial charge in [0.1, 0.15) is 17.0 Å². The molecule has 1 aromatic carbocycles. The first-order valence-electron chi connectivity index (χ1n) is 10.4. The standard InChI is InChI=1S/C22H21F5N4O3/c1-21(23,24)16-4-3-9-31(16)20(32)18-14(10-28)34-19(30-18)12-5-7-13(33-2)17-11(12)6-8-15(29-17)22(25,26)27/h5-8,16H,3-4,9-10,28H2,1-2H3. The number of nitrogens with two attached hydrogens (primary N) is 1. The molecule has 0 saturated carbocycles. The van der Waals surface area contributed by atoms with Gasteiger partial charge in [-0.3, -0.25) is 4.79 Å². The van der Waals surface area contributed by atoms with Crippen molar-refractivity contribution in [1.82, 2.24) is 14.9 Å². The van der Waals surface area contributed by atoms with Crippen LogP contribution in [-0.4, -0.2) is 46.4 Å². The van der Waals surface area contributed by atoms with E-state index >= 15 is 0 Å². The molecule has 2 aromatic heterocycles. The number of hydrogen-bond donors (Lipinski definition) is 1. The number of carbonyl (C=O) groups is 1. The number of halogens is 5. The molecule has 4 rings (SSSR count). The van der Waals surface area contributed by atoms with Crippen LogP contribution in [0.5, 0.6) is 5.75 Å². The normalized spacial score (nSPS) is 16.9. The topological polar surface area (TPSA) is 94.5 Å². The molecule has 2 N–H and O–H groups in total. The van der Waals surface area contributed by atoms with Crippen LogP contribution >= 0.6 is 0 Å². The summed E-state index contributed by atoms with van der Waals surface area (Å²) in [6.07, 6.45) is -4.11. The number of pyridine rings is 1. The maximum atomic E-state index is 14.0. The van der Waals surface area contributed by atoms with Crippen LogP contribution in [0.2, 0.25) is 0 Å². The lowest BCUT2D eigenvalue weighted by Crippen LogP contribution is -2.45. The summed E-state index contributed by atoms with van der Waals surface area (Å²) in [6, 6.07) is 3.62. The van der Waals surface area contributed by atoms with E-state index in [1.54, 1.807) is 0 Å². The molecular formula is C22H21F5N4O3. The van der Waals surface area contributed by atoms with Crippen molar-refractivity contribution < 1.29 is 35.9 Å². The molecule has 1 aliphatic heterocycles. The van der Waals surface area contributed by atoms with Gasteiger partial charge in [-0.15, -0.1) is 0 Å². The first-order chi connectivity index (χ1) is 16.0. The zero-order chi connectivity index (χ0) is 24.8. The molecule has 0 aliphatic carbocycles. The average Bonchev–Trinajstić information content (AvgIpc) is 3.44. The van der Waals surface area contributed by atoms with Gasteiger partial charge in [0.05, 0.1) is 19.7 Å². The number of amides is 1. The Kier molecular flexibility index (Phi) is 5.96. The predicted octanol–water partition coefficient (Wildman–Crippen LogP) is 4.64. The fourth-order valence-electron chi connectivity index (χ4n) is 4.15. The van der Waals surface area contributed by atoms with Crippen molar-refractivity contribution in [1.29, 1.82) is 0 Å². The fraction of sp³-hybridized carbons (Fsp3) is 0.409. The highest BCUT2D eigenvalue weighted by Crippen LogP contribution is 2.38. The van der Waals surface area contributed by atoms with Crippen LogP contribution in [0.1, 0.15) is 41.7 Å². The van der Waals surface area contributed by atoms with Gasteiger partial charge in [0.25, 0.3) is 11.8 Å². The Bertz CT molecular complexity index is 1240. The van der Waals surface area contributed by atoms with Gasteiger partial charge < -0.3 is 19.8 Å². The smallest absolute Gasteiger partial charge is 0.433 e. The number of aromatic nitrogens is 2. The molecule has 7 nitrogen and oxygen atoms in total. The molecule has 1 fully saturated rings. The first kappa shape index (κ1) is 23.9. The SMILES string of the molecule is COc1ccc(-c2nc(C(=O)N3CCCC3C(C)(F)F)c(CN)o2)c2ccc(C(F)(F)F)nc12. The Hall–Kier alpha value is -3.28. The lowest BCUT2D eigenvalue weighted by molar-refractivity contribution is -0.140. The second kappa shape index (κ2) is 8.49. The van der Waals surface area contributed by atoms with Gasteiger partial charge >= 0.3 is 6.18 Å². The fourth-order valence-corrected chi connectivity index (χ4v) is 4.15. The van der Waals surface area contributed by atoms with E-state index in [0.717, 1.165) is 17.9 Å². The lowest BCUT2D eigenvalue weighted by Gasteiger charge is -2.28. The van der Waals surface area contributed by atoms with E-state index in [0.29, 0.717) is 6.42 Å². The number of ether oxygens (including phenoxy) is 1. The quantitative estimate of drug-likeness (QED) is 0.531. The number of fused-ring (bicyclic) bond motifs is 1. The van der Waals surface area contributed by atoms with Crippen LogP contribution in [0.15, 0.2) is 28.7 Å². The number of rotatable bonds is 5. The number of oxazole rings is 1. The first-order valence-corrected chi connectivity index (χ1v) is 10.4. The summed E-state index contributed by atoms with van der Waals surface area (Å²) in [7, 11) is 1.29. The summed E-state index contributed by atoms with van der Waals surface area (Å²) in [4.78, 5) is 22.1. The Morgan fingerprint density at radius 3 is 2.56 bits per heavy atom. The van der Waals surface area contributed by atoms with Crippen LogP contribution in [0, 0.1) is 0 Å². The van der Waals surface area contributed by atoms with E-state index in [2.05, 4.69) is 9.97 Å². The van der Waals surface area contributed by atoms with Crippen molar-refractivity contribution in [3.63, 3.8) is 0 Å². The monoisotopic (exact) mass is 484 g/mol. The van der Waals surface area contributed by atoms with Crippen LogP contribution in [0.25, 0.3) is 22.4 Å². The van der Waals surface area contributed by atoms with Gasteiger partial charge in [-0.2, -0.15) is 13.2 Å². The maximum absolute atomic E-state index is 14.0. The molecule has 1 saturated heterocycles. The molecule has 0 bridgehead atoms. The third-order valence-corrected chi connectivity index (χ3v) is 5.75. The van der Waals surface area contributed by atoms with Gasteiger partial charge in [-0.25, -0.2) is 18.7 Å². The molecule has 0 spiro atoms. The summed E-state index contributed by atoms with van der Waals surface area (Å²) in [6.45, 7) is 0.654. The number of benzene rings is 1. The zero-order valence-electron chi connectivity index (χ0n) is 18.2. The molecule has 0 radical (unpaired) electrons. The molecule has 182 valence electrons. The van der Waals surface area contributed by atoms with Gasteiger partial charge in [0.15, 0.2) is 11.5 Å². The molecule has 1 amide bonds. The Labute approximate surface area is 190 Å². The van der Waals surface area contributed by atoms with Gasteiger partial charge in [0, 0.05) is 24.4 Å². The van der Waals surface area contributed by atoms with Crippen LogP contribution in [0.3, 0.4) is 0 Å². The zero-order valence-corrected chi connectivity index (χ0v) is 18.2. The second-order valence-corrected chi connectivity index (χ2v) is 8.01. The summed E-state index contributed by atoms with van der Waals surface area (Å²) < 4.78 is 78.4. The van der Waals surface area contributed by atoms with Gasteiger partial charge in [-0.1, -0.05) is 0 Å². The highest BCUT2D eigenvalue weighted by Gasteiger charge is 2.45. The third kappa shape index (κ3) is 4.17. The Balaban J connectivity index is 1.81. The molecule has 1 atom stereocenters. The van der Waals surface area contributed by atoms with Crippen molar-refractivity contribution in [2.24, 2.45) is 5.73 Å². The van der Waals surface area contributed by atoms with Crippen molar-refractivity contribution in [3.05, 3.63) is 41.4 Å². The van der Waals surface area contributed by atoms with E-state index in [4.69, 9.17) is 14.9 Å². The number of methoxy groups -OCH3 is 1. The number of nitrogens with zero attached hydrogens (tertiary/aromatic N) is 3. The Morgan fingerprint density at radius 1 is 1.21 bits per heavy atom. The van der Waals surface area contributed by atoms with Crippen molar-refractivity contribution in [2.75, 3.05) is 13.7 Å². The predicted molar refractivity (Wildman–Crippen MR) is 111 cm³/mol. The van der Waals surface area contributed by atoms with E-state index < -0.39 is 29.7 Å². The van der Waals surface area contributed by atoms with Crippen LogP contribution < -0.4 is 10.5 Å². The number of likely N-dealkylation sites (tertiary alicyclic amines) is 1. The number of alkyl halides is 5. The van der Waals surface area contributed by atoms with Gasteiger partial charge in [-0.05, 0) is 37.1 Å². The summed E-state index contributed by atoms with van der Waals surface area (Å²) in [5.74, 6) is -3.87. The third-order valence-electron chi connectivity index (χ3n) is 5.75. The lowest BCUT2D eigenvalue weighted by atomic mass is 10.1. The van der Waals surface area contributed by atoms with Crippen LogP contribution in [-0.2, 0) is 12.7 Å². The summed E-state index contributed by atoms with van der Waals surface area (Å²) >= 11 is 0. The minimum absolute atomic E-state index is 0.0195. The van der Waals surface area contributed by atoms with Crippen LogP contribution in [0.4, 0.5) is 22.0 Å². The van der Waals surface area contributed by atoms with Crippen molar-refractivity contribution in [3.8, 4) is 17.2 Å². The average molecular weight is 484 g/mol.